The Bertz CT molecular complexity index is 317. The highest BCUT2D eigenvalue weighted by Crippen LogP contribution is 2.35. The predicted molar refractivity (Wildman–Crippen MR) is 67.5 cm³/mol. The van der Waals surface area contributed by atoms with Crippen molar-refractivity contribution in [3.05, 3.63) is 35.9 Å². The molecule has 2 heterocycles. The summed E-state index contributed by atoms with van der Waals surface area (Å²) in [5.41, 5.74) is 1.49. The van der Waals surface area contributed by atoms with Crippen LogP contribution in [0.15, 0.2) is 30.3 Å². The summed E-state index contributed by atoms with van der Waals surface area (Å²) < 4.78 is 0. The maximum Gasteiger partial charge on any atom is 0.00989 e. The molecule has 0 radical (unpaired) electrons. The maximum absolute atomic E-state index is 2.79. The Morgan fingerprint density at radius 1 is 0.938 bits per heavy atom. The molecule has 0 spiro atoms. The molecule has 0 saturated carbocycles. The van der Waals surface area contributed by atoms with Gasteiger partial charge < -0.3 is 0 Å². The SMILES string of the molecule is c1ccc(CCN2[C@@H]3CCC[C@H]2CC3)cc1. The number of nitrogens with zero attached hydrogens (tertiary/aromatic N) is 1. The summed E-state index contributed by atoms with van der Waals surface area (Å²) in [6.07, 6.45) is 8.51. The molecule has 0 aromatic heterocycles. The molecule has 3 rings (SSSR count). The molecule has 1 aromatic rings. The number of benzene rings is 1. The van der Waals surface area contributed by atoms with Crippen LogP contribution in [0.5, 0.6) is 0 Å². The Labute approximate surface area is 98.5 Å². The van der Waals surface area contributed by atoms with Gasteiger partial charge in [0.05, 0.1) is 0 Å². The second-order valence-electron chi connectivity index (χ2n) is 5.29. The first kappa shape index (κ1) is 10.3. The van der Waals surface area contributed by atoms with Crippen LogP contribution < -0.4 is 0 Å². The molecule has 1 heteroatoms. The van der Waals surface area contributed by atoms with E-state index in [4.69, 9.17) is 0 Å². The molecule has 2 atom stereocenters. The van der Waals surface area contributed by atoms with E-state index in [1.807, 2.05) is 0 Å². The zero-order valence-corrected chi connectivity index (χ0v) is 9.94. The summed E-state index contributed by atoms with van der Waals surface area (Å²) in [6.45, 7) is 1.28. The standard InChI is InChI=1S/C15H21N/c1-2-5-13(6-3-1)11-12-16-14-7-4-8-15(16)10-9-14/h1-3,5-6,14-15H,4,7-12H2/t14-,15+. The molecule has 0 amide bonds. The van der Waals surface area contributed by atoms with E-state index < -0.39 is 0 Å². The topological polar surface area (TPSA) is 3.24 Å². The van der Waals surface area contributed by atoms with Crippen molar-refractivity contribution in [2.75, 3.05) is 6.54 Å². The van der Waals surface area contributed by atoms with Gasteiger partial charge in [0.2, 0.25) is 0 Å². The van der Waals surface area contributed by atoms with Crippen molar-refractivity contribution in [3.63, 3.8) is 0 Å². The van der Waals surface area contributed by atoms with E-state index >= 15 is 0 Å². The Hall–Kier alpha value is -0.820. The van der Waals surface area contributed by atoms with Gasteiger partial charge in [-0.3, -0.25) is 4.90 Å². The molecule has 0 N–H and O–H groups in total. The summed E-state index contributed by atoms with van der Waals surface area (Å²) in [6, 6.07) is 12.8. The van der Waals surface area contributed by atoms with Crippen LogP contribution in [-0.4, -0.2) is 23.5 Å². The summed E-state index contributed by atoms with van der Waals surface area (Å²) >= 11 is 0. The van der Waals surface area contributed by atoms with Gasteiger partial charge in [0.1, 0.15) is 0 Å². The minimum Gasteiger partial charge on any atom is -0.297 e. The smallest absolute Gasteiger partial charge is 0.00989 e. The molecule has 2 saturated heterocycles. The van der Waals surface area contributed by atoms with E-state index in [0.717, 1.165) is 12.1 Å². The van der Waals surface area contributed by atoms with Gasteiger partial charge in [0.25, 0.3) is 0 Å². The lowest BCUT2D eigenvalue weighted by molar-refractivity contribution is 0.142. The molecule has 86 valence electrons. The number of rotatable bonds is 3. The van der Waals surface area contributed by atoms with E-state index in [0.29, 0.717) is 0 Å². The van der Waals surface area contributed by atoms with Crippen LogP contribution in [0.25, 0.3) is 0 Å². The Morgan fingerprint density at radius 2 is 1.62 bits per heavy atom. The summed E-state index contributed by atoms with van der Waals surface area (Å²) in [5.74, 6) is 0. The molecule has 0 aliphatic carbocycles. The fourth-order valence-corrected chi connectivity index (χ4v) is 3.49. The molecule has 2 aliphatic heterocycles. The van der Waals surface area contributed by atoms with Crippen LogP contribution in [0.4, 0.5) is 0 Å². The second-order valence-corrected chi connectivity index (χ2v) is 5.29. The lowest BCUT2D eigenvalue weighted by Gasteiger charge is -2.34. The number of hydrogen-bond donors (Lipinski definition) is 0. The molecule has 1 aromatic carbocycles. The summed E-state index contributed by atoms with van der Waals surface area (Å²) in [4.78, 5) is 2.79. The number of hydrogen-bond acceptors (Lipinski definition) is 1. The van der Waals surface area contributed by atoms with Crippen LogP contribution in [0, 0.1) is 0 Å². The number of fused-ring (bicyclic) bond motifs is 2. The van der Waals surface area contributed by atoms with E-state index in [9.17, 15) is 0 Å². The average molecular weight is 215 g/mol. The van der Waals surface area contributed by atoms with Crippen LogP contribution in [0.3, 0.4) is 0 Å². The minimum absolute atomic E-state index is 0.919. The van der Waals surface area contributed by atoms with Gasteiger partial charge in [-0.15, -0.1) is 0 Å². The van der Waals surface area contributed by atoms with Gasteiger partial charge in [0.15, 0.2) is 0 Å². The molecular weight excluding hydrogens is 194 g/mol. The zero-order valence-electron chi connectivity index (χ0n) is 9.94. The Kier molecular flexibility index (Phi) is 2.96. The molecule has 2 aliphatic rings. The number of piperidine rings is 1. The highest BCUT2D eigenvalue weighted by atomic mass is 15.2. The highest BCUT2D eigenvalue weighted by Gasteiger charge is 2.35. The molecule has 2 fully saturated rings. The van der Waals surface area contributed by atoms with Crippen LogP contribution in [-0.2, 0) is 6.42 Å². The second kappa shape index (κ2) is 4.58. The molecule has 16 heavy (non-hydrogen) atoms. The zero-order chi connectivity index (χ0) is 10.8. The van der Waals surface area contributed by atoms with Crippen LogP contribution >= 0.6 is 0 Å². The Balaban J connectivity index is 1.59. The van der Waals surface area contributed by atoms with Crippen molar-refractivity contribution >= 4 is 0 Å². The summed E-state index contributed by atoms with van der Waals surface area (Å²) in [7, 11) is 0. The van der Waals surface area contributed by atoms with Gasteiger partial charge in [0, 0.05) is 18.6 Å². The first-order valence-electron chi connectivity index (χ1n) is 6.73. The first-order valence-corrected chi connectivity index (χ1v) is 6.73. The lowest BCUT2D eigenvalue weighted by Crippen LogP contribution is -2.40. The third kappa shape index (κ3) is 2.01. The molecular formula is C15H21N. The van der Waals surface area contributed by atoms with Gasteiger partial charge in [-0.1, -0.05) is 36.8 Å². The van der Waals surface area contributed by atoms with Gasteiger partial charge in [-0.25, -0.2) is 0 Å². The third-order valence-corrected chi connectivity index (χ3v) is 4.35. The predicted octanol–water partition coefficient (Wildman–Crippen LogP) is 3.25. The quantitative estimate of drug-likeness (QED) is 0.748. The van der Waals surface area contributed by atoms with Crippen molar-refractivity contribution in [1.29, 1.82) is 0 Å². The lowest BCUT2D eigenvalue weighted by atomic mass is 10.0. The third-order valence-electron chi connectivity index (χ3n) is 4.35. The largest absolute Gasteiger partial charge is 0.297 e. The van der Waals surface area contributed by atoms with Gasteiger partial charge >= 0.3 is 0 Å². The fraction of sp³-hybridized carbons (Fsp3) is 0.600. The van der Waals surface area contributed by atoms with Gasteiger partial charge in [-0.2, -0.15) is 0 Å². The maximum atomic E-state index is 2.79. The van der Waals surface area contributed by atoms with Gasteiger partial charge in [-0.05, 0) is 37.7 Å². The van der Waals surface area contributed by atoms with Crippen molar-refractivity contribution in [1.82, 2.24) is 4.90 Å². The van der Waals surface area contributed by atoms with Crippen LogP contribution in [0.2, 0.25) is 0 Å². The summed E-state index contributed by atoms with van der Waals surface area (Å²) in [5, 5.41) is 0. The van der Waals surface area contributed by atoms with Crippen molar-refractivity contribution in [3.8, 4) is 0 Å². The monoisotopic (exact) mass is 215 g/mol. The van der Waals surface area contributed by atoms with E-state index in [-0.39, 0.29) is 0 Å². The first-order chi connectivity index (χ1) is 7.93. The van der Waals surface area contributed by atoms with Crippen molar-refractivity contribution in [2.45, 2.75) is 50.6 Å². The van der Waals surface area contributed by atoms with Crippen molar-refractivity contribution < 1.29 is 0 Å². The highest BCUT2D eigenvalue weighted by molar-refractivity contribution is 5.15. The van der Waals surface area contributed by atoms with Crippen molar-refractivity contribution in [2.24, 2.45) is 0 Å². The fourth-order valence-electron chi connectivity index (χ4n) is 3.49. The van der Waals surface area contributed by atoms with E-state index in [1.54, 1.807) is 0 Å². The molecule has 1 nitrogen and oxygen atoms in total. The van der Waals surface area contributed by atoms with Crippen LogP contribution in [0.1, 0.15) is 37.7 Å². The Morgan fingerprint density at radius 3 is 2.31 bits per heavy atom. The molecule has 2 bridgehead atoms. The van der Waals surface area contributed by atoms with E-state index in [1.165, 1.54) is 50.6 Å². The van der Waals surface area contributed by atoms with E-state index in [2.05, 4.69) is 35.2 Å². The molecule has 0 unspecified atom stereocenters. The average Bonchev–Trinajstić information content (AvgIpc) is 2.57. The minimum atomic E-state index is 0.919. The normalized spacial score (nSPS) is 29.5.